The van der Waals surface area contributed by atoms with Crippen LogP contribution in [0, 0.1) is 6.92 Å². The van der Waals surface area contributed by atoms with Crippen molar-refractivity contribution in [3.05, 3.63) is 73.2 Å². The normalized spacial score (nSPS) is 11.3. The molecule has 0 atom stereocenters. The fourth-order valence-electron chi connectivity index (χ4n) is 1.62. The van der Waals surface area contributed by atoms with Gasteiger partial charge in [0.1, 0.15) is 12.0 Å². The Morgan fingerprint density at radius 2 is 1.94 bits per heavy atom. The van der Waals surface area contributed by atoms with Gasteiger partial charge in [-0.2, -0.15) is 0 Å². The molecule has 1 aromatic carbocycles. The first-order valence-electron chi connectivity index (χ1n) is 5.72. The van der Waals surface area contributed by atoms with E-state index in [1.807, 2.05) is 37.3 Å². The van der Waals surface area contributed by atoms with E-state index in [2.05, 4.69) is 18.1 Å². The predicted octanol–water partition coefficient (Wildman–Crippen LogP) is 4.41. The van der Waals surface area contributed by atoms with Gasteiger partial charge in [0.15, 0.2) is 0 Å². The van der Waals surface area contributed by atoms with Gasteiger partial charge < -0.3 is 4.42 Å². The van der Waals surface area contributed by atoms with E-state index >= 15 is 0 Å². The maximum Gasteiger partial charge on any atom is 0.226 e. The summed E-state index contributed by atoms with van der Waals surface area (Å²) in [7, 11) is 0. The molecule has 2 rings (SSSR count). The number of aryl methyl sites for hydroxylation is 1. The second kappa shape index (κ2) is 5.32. The molecule has 0 N–H and O–H groups in total. The number of aromatic nitrogens is 1. The van der Waals surface area contributed by atoms with Crippen molar-refractivity contribution in [2.45, 2.75) is 6.92 Å². The van der Waals surface area contributed by atoms with Gasteiger partial charge in [0.05, 0.1) is 0 Å². The topological polar surface area (TPSA) is 26.0 Å². The molecule has 0 spiro atoms. The largest absolute Gasteiger partial charge is 0.444 e. The lowest BCUT2D eigenvalue weighted by molar-refractivity contribution is 0.574. The van der Waals surface area contributed by atoms with Gasteiger partial charge in [-0.15, -0.1) is 0 Å². The predicted molar refractivity (Wildman–Crippen MR) is 75.0 cm³/mol. The zero-order valence-electron chi connectivity index (χ0n) is 10.4. The summed E-state index contributed by atoms with van der Waals surface area (Å²) in [4.78, 5) is 4.45. The van der Waals surface area contributed by atoms with Gasteiger partial charge in [-0.1, -0.05) is 49.1 Å². The molecule has 0 saturated heterocycles. The number of oxazole rings is 1. The second-order valence-electron chi connectivity index (χ2n) is 3.97. The fourth-order valence-corrected chi connectivity index (χ4v) is 1.62. The summed E-state index contributed by atoms with van der Waals surface area (Å²) in [6.07, 6.45) is 6.92. The van der Waals surface area contributed by atoms with Crippen molar-refractivity contribution < 1.29 is 4.42 Å². The van der Waals surface area contributed by atoms with E-state index in [0.29, 0.717) is 5.89 Å². The van der Waals surface area contributed by atoms with Gasteiger partial charge in [0.25, 0.3) is 0 Å². The Labute approximate surface area is 107 Å². The van der Waals surface area contributed by atoms with Crippen molar-refractivity contribution in [3.8, 4) is 11.5 Å². The molecule has 0 unspecified atom stereocenters. The van der Waals surface area contributed by atoms with Gasteiger partial charge in [0.2, 0.25) is 5.89 Å². The number of hydrogen-bond donors (Lipinski definition) is 0. The highest BCUT2D eigenvalue weighted by atomic mass is 16.3. The third kappa shape index (κ3) is 2.48. The Morgan fingerprint density at radius 1 is 1.22 bits per heavy atom. The maximum atomic E-state index is 5.49. The number of allylic oxidation sites excluding steroid dienone is 4. The molecule has 2 nitrogen and oxygen atoms in total. The quantitative estimate of drug-likeness (QED) is 0.736. The highest BCUT2D eigenvalue weighted by Crippen LogP contribution is 2.22. The third-order valence-corrected chi connectivity index (χ3v) is 2.62. The molecule has 1 aromatic heterocycles. The molecule has 90 valence electrons. The van der Waals surface area contributed by atoms with Crippen molar-refractivity contribution in [1.29, 1.82) is 0 Å². The van der Waals surface area contributed by atoms with Gasteiger partial charge in [-0.05, 0) is 19.1 Å². The van der Waals surface area contributed by atoms with Crippen LogP contribution in [0.15, 0.2) is 66.3 Å². The average Bonchev–Trinajstić information content (AvgIpc) is 2.86. The van der Waals surface area contributed by atoms with Gasteiger partial charge in [-0.25, -0.2) is 4.98 Å². The van der Waals surface area contributed by atoms with E-state index in [4.69, 9.17) is 4.42 Å². The zero-order chi connectivity index (χ0) is 13.0. The van der Waals surface area contributed by atoms with Crippen molar-refractivity contribution >= 4 is 5.57 Å². The summed E-state index contributed by atoms with van der Waals surface area (Å²) in [5.74, 6) is 0.613. The smallest absolute Gasteiger partial charge is 0.226 e. The molecule has 2 aromatic rings. The number of benzene rings is 1. The van der Waals surface area contributed by atoms with Crippen LogP contribution in [0.25, 0.3) is 17.0 Å². The van der Waals surface area contributed by atoms with E-state index in [1.54, 1.807) is 18.4 Å². The van der Waals surface area contributed by atoms with Gasteiger partial charge >= 0.3 is 0 Å². The molecule has 2 heteroatoms. The number of rotatable bonds is 4. The average molecular weight is 237 g/mol. The molecule has 0 fully saturated rings. The first-order valence-corrected chi connectivity index (χ1v) is 5.72. The van der Waals surface area contributed by atoms with Gasteiger partial charge in [0, 0.05) is 11.1 Å². The van der Waals surface area contributed by atoms with Crippen LogP contribution < -0.4 is 0 Å². The SMILES string of the molecule is C=C/C=C(\C=C)c1coc(-c2ccc(C)cc2)n1. The minimum atomic E-state index is 0.613. The summed E-state index contributed by atoms with van der Waals surface area (Å²) in [5, 5.41) is 0. The molecule has 0 bridgehead atoms. The fraction of sp³-hybridized carbons (Fsp3) is 0.0625. The molecular formula is C16H15NO. The Hall–Kier alpha value is -2.35. The first-order chi connectivity index (χ1) is 8.74. The van der Waals surface area contributed by atoms with Crippen LogP contribution in [0.1, 0.15) is 11.3 Å². The van der Waals surface area contributed by atoms with Crippen LogP contribution >= 0.6 is 0 Å². The lowest BCUT2D eigenvalue weighted by Crippen LogP contribution is -1.82. The van der Waals surface area contributed by atoms with E-state index in [-0.39, 0.29) is 0 Å². The Kier molecular flexibility index (Phi) is 3.58. The van der Waals surface area contributed by atoms with Crippen molar-refractivity contribution in [2.75, 3.05) is 0 Å². The number of nitrogens with zero attached hydrogens (tertiary/aromatic N) is 1. The molecule has 0 aliphatic carbocycles. The summed E-state index contributed by atoms with van der Waals surface area (Å²) in [6.45, 7) is 9.47. The minimum absolute atomic E-state index is 0.613. The Bertz CT molecular complexity index is 588. The van der Waals surface area contributed by atoms with Crippen LogP contribution in [0.4, 0.5) is 0 Å². The summed E-state index contributed by atoms with van der Waals surface area (Å²) < 4.78 is 5.49. The zero-order valence-corrected chi connectivity index (χ0v) is 10.4. The lowest BCUT2D eigenvalue weighted by Gasteiger charge is -1.96. The van der Waals surface area contributed by atoms with Crippen molar-refractivity contribution in [1.82, 2.24) is 4.98 Å². The lowest BCUT2D eigenvalue weighted by atomic mass is 10.1. The minimum Gasteiger partial charge on any atom is -0.444 e. The monoisotopic (exact) mass is 237 g/mol. The van der Waals surface area contributed by atoms with Crippen LogP contribution in [0.3, 0.4) is 0 Å². The Balaban J connectivity index is 2.35. The maximum absolute atomic E-state index is 5.49. The van der Waals surface area contributed by atoms with Crippen LogP contribution in [-0.4, -0.2) is 4.98 Å². The standard InChI is InChI=1S/C16H15NO/c1-4-6-13(5-2)15-11-18-16(17-15)14-9-7-12(3)8-10-14/h4-11H,1-2H2,3H3/b13-6+. The van der Waals surface area contributed by atoms with Crippen molar-refractivity contribution in [2.24, 2.45) is 0 Å². The molecular weight excluding hydrogens is 222 g/mol. The van der Waals surface area contributed by atoms with Crippen LogP contribution in [0.5, 0.6) is 0 Å². The summed E-state index contributed by atoms with van der Waals surface area (Å²) in [5.41, 5.74) is 3.84. The Morgan fingerprint density at radius 3 is 2.56 bits per heavy atom. The molecule has 0 aliphatic heterocycles. The number of hydrogen-bond acceptors (Lipinski definition) is 2. The third-order valence-electron chi connectivity index (χ3n) is 2.62. The molecule has 0 saturated carbocycles. The first kappa shape index (κ1) is 12.1. The van der Waals surface area contributed by atoms with E-state index in [1.165, 1.54) is 5.56 Å². The highest BCUT2D eigenvalue weighted by molar-refractivity contribution is 5.73. The summed E-state index contributed by atoms with van der Waals surface area (Å²) in [6, 6.07) is 8.06. The second-order valence-corrected chi connectivity index (χ2v) is 3.97. The highest BCUT2D eigenvalue weighted by Gasteiger charge is 2.07. The molecule has 0 aliphatic rings. The van der Waals surface area contributed by atoms with Crippen LogP contribution in [-0.2, 0) is 0 Å². The summed E-state index contributed by atoms with van der Waals surface area (Å²) >= 11 is 0. The molecule has 0 amide bonds. The van der Waals surface area contributed by atoms with Crippen molar-refractivity contribution in [3.63, 3.8) is 0 Å². The van der Waals surface area contributed by atoms with E-state index in [9.17, 15) is 0 Å². The van der Waals surface area contributed by atoms with Gasteiger partial charge in [-0.3, -0.25) is 0 Å². The van der Waals surface area contributed by atoms with Crippen LogP contribution in [0.2, 0.25) is 0 Å². The van der Waals surface area contributed by atoms with E-state index in [0.717, 1.165) is 16.8 Å². The molecule has 18 heavy (non-hydrogen) atoms. The van der Waals surface area contributed by atoms with E-state index < -0.39 is 0 Å². The molecule has 0 radical (unpaired) electrons. The molecule has 1 heterocycles.